The summed E-state index contributed by atoms with van der Waals surface area (Å²) in [6.07, 6.45) is 4.96. The monoisotopic (exact) mass is 396 g/mol. The fraction of sp³-hybridized carbons (Fsp3) is 0.458. The van der Waals surface area contributed by atoms with Crippen molar-refractivity contribution < 1.29 is 14.3 Å². The molecule has 0 aliphatic rings. The molecule has 1 atom stereocenters. The Bertz CT molecular complexity index is 801. The zero-order valence-electron chi connectivity index (χ0n) is 18.1. The highest BCUT2D eigenvalue weighted by Crippen LogP contribution is 2.31. The Kier molecular flexibility index (Phi) is 7.94. The number of pyridine rings is 1. The van der Waals surface area contributed by atoms with Gasteiger partial charge in [0.2, 0.25) is 0 Å². The van der Waals surface area contributed by atoms with Gasteiger partial charge in [0.25, 0.3) is 0 Å². The van der Waals surface area contributed by atoms with Gasteiger partial charge in [0.15, 0.2) is 5.78 Å². The van der Waals surface area contributed by atoms with Gasteiger partial charge in [-0.1, -0.05) is 39.3 Å². The van der Waals surface area contributed by atoms with E-state index < -0.39 is 11.5 Å². The predicted molar refractivity (Wildman–Crippen MR) is 116 cm³/mol. The van der Waals surface area contributed by atoms with E-state index in [0.717, 1.165) is 18.5 Å². The van der Waals surface area contributed by atoms with Crippen LogP contribution in [0.1, 0.15) is 63.4 Å². The molecule has 0 bridgehead atoms. The van der Waals surface area contributed by atoms with Crippen molar-refractivity contribution in [2.45, 2.75) is 65.5 Å². The third kappa shape index (κ3) is 5.89. The van der Waals surface area contributed by atoms with Gasteiger partial charge in [0, 0.05) is 30.1 Å². The van der Waals surface area contributed by atoms with Gasteiger partial charge < -0.3 is 10.1 Å². The Morgan fingerprint density at radius 1 is 1.03 bits per heavy atom. The summed E-state index contributed by atoms with van der Waals surface area (Å²) in [5, 5.41) is 3.36. The topological polar surface area (TPSA) is 68.3 Å². The second kappa shape index (κ2) is 10.2. The van der Waals surface area contributed by atoms with Gasteiger partial charge in [0.05, 0.1) is 6.10 Å². The molecule has 156 valence electrons. The van der Waals surface area contributed by atoms with E-state index in [4.69, 9.17) is 4.74 Å². The molecular formula is C24H32N2O3. The van der Waals surface area contributed by atoms with Crippen LogP contribution in [0.25, 0.3) is 0 Å². The predicted octanol–water partition coefficient (Wildman–Crippen LogP) is 5.07. The van der Waals surface area contributed by atoms with Crippen LogP contribution in [-0.2, 0) is 16.0 Å². The molecule has 29 heavy (non-hydrogen) atoms. The van der Waals surface area contributed by atoms with Gasteiger partial charge in [-0.25, -0.2) is 4.79 Å². The minimum Gasteiger partial charge on any atom is -0.461 e. The van der Waals surface area contributed by atoms with E-state index in [9.17, 15) is 9.59 Å². The van der Waals surface area contributed by atoms with Gasteiger partial charge in [0.1, 0.15) is 5.54 Å². The van der Waals surface area contributed by atoms with Crippen molar-refractivity contribution in [3.05, 3.63) is 59.9 Å². The number of benzene rings is 1. The number of rotatable bonds is 10. The van der Waals surface area contributed by atoms with Crippen molar-refractivity contribution in [3.8, 4) is 0 Å². The molecule has 0 fully saturated rings. The lowest BCUT2D eigenvalue weighted by Gasteiger charge is -2.37. The van der Waals surface area contributed by atoms with Crippen LogP contribution < -0.4 is 5.32 Å². The summed E-state index contributed by atoms with van der Waals surface area (Å²) < 4.78 is 5.58. The minimum absolute atomic E-state index is 0.00303. The summed E-state index contributed by atoms with van der Waals surface area (Å²) in [6, 6.07) is 11.4. The number of carbonyl (C=O) groups is 2. The molecule has 0 radical (unpaired) electrons. The summed E-state index contributed by atoms with van der Waals surface area (Å²) in [6.45, 7) is 9.63. The van der Waals surface area contributed by atoms with E-state index >= 15 is 0 Å². The quantitative estimate of drug-likeness (QED) is 0.449. The number of ether oxygens (including phenoxy) is 1. The van der Waals surface area contributed by atoms with E-state index in [1.807, 2.05) is 39.8 Å². The van der Waals surface area contributed by atoms with Gasteiger partial charge in [-0.2, -0.15) is 0 Å². The summed E-state index contributed by atoms with van der Waals surface area (Å²) in [5.74, 6) is -0.714. The van der Waals surface area contributed by atoms with Crippen molar-refractivity contribution >= 4 is 17.4 Å². The fourth-order valence-electron chi connectivity index (χ4n) is 3.26. The molecule has 1 heterocycles. The number of Topliss-reactive ketones (excluding diaryl/α,β-unsaturated/α-hetero) is 1. The highest BCUT2D eigenvalue weighted by molar-refractivity contribution is 6.01. The van der Waals surface area contributed by atoms with Crippen LogP contribution in [0.3, 0.4) is 0 Å². The van der Waals surface area contributed by atoms with Crippen LogP contribution in [0.4, 0.5) is 5.69 Å². The van der Waals surface area contributed by atoms with Crippen LogP contribution in [0.15, 0.2) is 48.8 Å². The summed E-state index contributed by atoms with van der Waals surface area (Å²) >= 11 is 0. The summed E-state index contributed by atoms with van der Waals surface area (Å²) in [7, 11) is 0. The van der Waals surface area contributed by atoms with Gasteiger partial charge in [-0.3, -0.25) is 9.78 Å². The van der Waals surface area contributed by atoms with Crippen LogP contribution in [0.5, 0.6) is 0 Å². The SMILES string of the molecule is CCCc1ccc(NC(CC(=O)c2ccncc2)(C(=O)OC(C)C)C(C)C)cc1. The fourth-order valence-corrected chi connectivity index (χ4v) is 3.26. The molecule has 1 unspecified atom stereocenters. The Balaban J connectivity index is 2.39. The number of aryl methyl sites for hydroxylation is 1. The molecule has 2 aromatic rings. The van der Waals surface area contributed by atoms with Crippen LogP contribution in [-0.4, -0.2) is 28.4 Å². The van der Waals surface area contributed by atoms with Crippen molar-refractivity contribution in [2.75, 3.05) is 5.32 Å². The van der Waals surface area contributed by atoms with Crippen LogP contribution in [0.2, 0.25) is 0 Å². The number of esters is 1. The lowest BCUT2D eigenvalue weighted by molar-refractivity contribution is -0.154. The van der Waals surface area contributed by atoms with Crippen LogP contribution >= 0.6 is 0 Å². The molecule has 0 saturated carbocycles. The first kappa shape index (κ1) is 22.6. The molecule has 5 heteroatoms. The van der Waals surface area contributed by atoms with Gasteiger partial charge in [-0.05, 0) is 56.0 Å². The highest BCUT2D eigenvalue weighted by atomic mass is 16.5. The Hall–Kier alpha value is -2.69. The average Bonchev–Trinajstić information content (AvgIpc) is 2.69. The zero-order valence-corrected chi connectivity index (χ0v) is 18.1. The number of carbonyl (C=O) groups excluding carboxylic acids is 2. The minimum atomic E-state index is -1.17. The Morgan fingerprint density at radius 3 is 2.17 bits per heavy atom. The number of anilines is 1. The van der Waals surface area contributed by atoms with Crippen LogP contribution in [0, 0.1) is 5.92 Å². The van der Waals surface area contributed by atoms with E-state index in [1.165, 1.54) is 5.56 Å². The Labute approximate surface area is 173 Å². The molecule has 5 nitrogen and oxygen atoms in total. The molecule has 0 spiro atoms. The first-order valence-corrected chi connectivity index (χ1v) is 10.3. The molecular weight excluding hydrogens is 364 g/mol. The number of aromatic nitrogens is 1. The largest absolute Gasteiger partial charge is 0.461 e. The third-order valence-corrected chi connectivity index (χ3v) is 4.99. The molecule has 0 amide bonds. The van der Waals surface area contributed by atoms with Crippen molar-refractivity contribution in [1.82, 2.24) is 4.98 Å². The van der Waals surface area contributed by atoms with E-state index in [-0.39, 0.29) is 24.2 Å². The van der Waals surface area contributed by atoms with E-state index in [0.29, 0.717) is 5.56 Å². The van der Waals surface area contributed by atoms with E-state index in [2.05, 4.69) is 29.4 Å². The molecule has 0 aliphatic heterocycles. The molecule has 0 saturated heterocycles. The van der Waals surface area contributed by atoms with E-state index in [1.54, 1.807) is 24.5 Å². The molecule has 1 aromatic carbocycles. The average molecular weight is 397 g/mol. The van der Waals surface area contributed by atoms with Crippen molar-refractivity contribution in [3.63, 3.8) is 0 Å². The van der Waals surface area contributed by atoms with Gasteiger partial charge in [-0.15, -0.1) is 0 Å². The second-order valence-electron chi connectivity index (χ2n) is 7.99. The van der Waals surface area contributed by atoms with Crippen molar-refractivity contribution in [1.29, 1.82) is 0 Å². The lowest BCUT2D eigenvalue weighted by atomic mass is 9.80. The second-order valence-corrected chi connectivity index (χ2v) is 7.99. The first-order valence-electron chi connectivity index (χ1n) is 10.3. The summed E-state index contributed by atoms with van der Waals surface area (Å²) in [5.41, 5.74) is 1.40. The van der Waals surface area contributed by atoms with Crippen molar-refractivity contribution in [2.24, 2.45) is 5.92 Å². The first-order chi connectivity index (χ1) is 13.8. The van der Waals surface area contributed by atoms with Gasteiger partial charge >= 0.3 is 5.97 Å². The molecule has 1 N–H and O–H groups in total. The summed E-state index contributed by atoms with van der Waals surface area (Å²) in [4.78, 5) is 30.2. The number of hydrogen-bond acceptors (Lipinski definition) is 5. The standard InChI is InChI=1S/C24H32N2O3/c1-6-7-19-8-10-21(11-9-19)26-24(17(2)3,23(28)29-18(4)5)16-22(27)20-12-14-25-15-13-20/h8-15,17-18,26H,6-7,16H2,1-5H3. The maximum atomic E-state index is 13.2. The number of nitrogens with one attached hydrogen (secondary N) is 1. The molecule has 2 rings (SSSR count). The maximum Gasteiger partial charge on any atom is 0.332 e. The smallest absolute Gasteiger partial charge is 0.332 e. The zero-order chi connectivity index (χ0) is 21.4. The highest BCUT2D eigenvalue weighted by Gasteiger charge is 2.45. The number of hydrogen-bond donors (Lipinski definition) is 1. The lowest BCUT2D eigenvalue weighted by Crippen LogP contribution is -2.54. The molecule has 1 aromatic heterocycles. The normalized spacial score (nSPS) is 13.2. The Morgan fingerprint density at radius 2 is 1.66 bits per heavy atom. The maximum absolute atomic E-state index is 13.2. The number of nitrogens with zero attached hydrogens (tertiary/aromatic N) is 1. The number of ketones is 1. The molecule has 0 aliphatic carbocycles. The third-order valence-electron chi connectivity index (χ3n) is 4.99.